The molecule has 0 bridgehead atoms. The summed E-state index contributed by atoms with van der Waals surface area (Å²) in [6.07, 6.45) is 4.29. The number of hydrogen-bond donors (Lipinski definition) is 2. The number of urea groups is 1. The SMILES string of the molecule is CCCCOc1ccc(NC(=O)Nc2ccc3c(c2)CCC(=O)N3CCC(C)C)cc1. The van der Waals surface area contributed by atoms with Gasteiger partial charge in [-0.2, -0.15) is 0 Å². The first-order chi connectivity index (χ1) is 15.0. The summed E-state index contributed by atoms with van der Waals surface area (Å²) in [5, 5.41) is 5.73. The summed E-state index contributed by atoms with van der Waals surface area (Å²) in [7, 11) is 0. The predicted molar refractivity (Wildman–Crippen MR) is 126 cm³/mol. The number of unbranched alkanes of at least 4 members (excludes halogenated alkanes) is 1. The molecule has 0 fully saturated rings. The van der Waals surface area contributed by atoms with Gasteiger partial charge in [0.05, 0.1) is 6.61 Å². The van der Waals surface area contributed by atoms with Crippen molar-refractivity contribution in [1.82, 2.24) is 0 Å². The zero-order valence-corrected chi connectivity index (χ0v) is 18.7. The molecule has 0 radical (unpaired) electrons. The number of rotatable bonds is 9. The number of ether oxygens (including phenoxy) is 1. The number of nitrogens with zero attached hydrogens (tertiary/aromatic N) is 1. The molecule has 0 unspecified atom stereocenters. The maximum atomic E-state index is 12.4. The Balaban J connectivity index is 1.59. The summed E-state index contributed by atoms with van der Waals surface area (Å²) in [5.41, 5.74) is 3.47. The van der Waals surface area contributed by atoms with E-state index in [1.54, 1.807) is 0 Å². The molecule has 0 saturated carbocycles. The second-order valence-electron chi connectivity index (χ2n) is 8.38. The maximum Gasteiger partial charge on any atom is 0.323 e. The standard InChI is InChI=1S/C25H33N3O3/c1-4-5-16-31-22-10-7-20(8-11-22)26-25(30)27-21-9-12-23-19(17-21)6-13-24(29)28(23)15-14-18(2)3/h7-12,17-18H,4-6,13-16H2,1-3H3,(H2,26,27,30). The molecule has 0 aromatic heterocycles. The Morgan fingerprint density at radius 3 is 2.48 bits per heavy atom. The van der Waals surface area contributed by atoms with Crippen LogP contribution in [0.1, 0.15) is 52.0 Å². The molecule has 0 saturated heterocycles. The fourth-order valence-corrected chi connectivity index (χ4v) is 3.53. The van der Waals surface area contributed by atoms with E-state index in [0.29, 0.717) is 36.7 Å². The first-order valence-corrected chi connectivity index (χ1v) is 11.2. The normalized spacial score (nSPS) is 13.2. The fraction of sp³-hybridized carbons (Fsp3) is 0.440. The number of aryl methyl sites for hydroxylation is 1. The van der Waals surface area contributed by atoms with Crippen molar-refractivity contribution in [3.05, 3.63) is 48.0 Å². The van der Waals surface area contributed by atoms with E-state index in [4.69, 9.17) is 4.74 Å². The maximum absolute atomic E-state index is 12.4. The van der Waals surface area contributed by atoms with Crippen LogP contribution in [0.3, 0.4) is 0 Å². The lowest BCUT2D eigenvalue weighted by Gasteiger charge is -2.30. The smallest absolute Gasteiger partial charge is 0.323 e. The number of fused-ring (bicyclic) bond motifs is 1. The van der Waals surface area contributed by atoms with Crippen LogP contribution < -0.4 is 20.3 Å². The van der Waals surface area contributed by atoms with Crippen LogP contribution >= 0.6 is 0 Å². The molecule has 0 aliphatic carbocycles. The highest BCUT2D eigenvalue weighted by Crippen LogP contribution is 2.31. The van der Waals surface area contributed by atoms with Crippen LogP contribution in [-0.2, 0) is 11.2 Å². The van der Waals surface area contributed by atoms with Crippen molar-refractivity contribution < 1.29 is 14.3 Å². The summed E-state index contributed by atoms with van der Waals surface area (Å²) in [5.74, 6) is 1.51. The summed E-state index contributed by atoms with van der Waals surface area (Å²) in [6.45, 7) is 7.87. The topological polar surface area (TPSA) is 70.7 Å². The lowest BCUT2D eigenvalue weighted by molar-refractivity contribution is -0.118. The van der Waals surface area contributed by atoms with Crippen molar-refractivity contribution in [2.45, 2.75) is 52.9 Å². The van der Waals surface area contributed by atoms with Gasteiger partial charge in [-0.15, -0.1) is 0 Å². The van der Waals surface area contributed by atoms with Crippen molar-refractivity contribution in [3.63, 3.8) is 0 Å². The number of carbonyl (C=O) groups excluding carboxylic acids is 2. The van der Waals surface area contributed by atoms with Crippen LogP contribution in [-0.4, -0.2) is 25.1 Å². The van der Waals surface area contributed by atoms with E-state index in [1.165, 1.54) is 0 Å². The van der Waals surface area contributed by atoms with Gasteiger partial charge in [0.25, 0.3) is 0 Å². The number of hydrogen-bond acceptors (Lipinski definition) is 3. The van der Waals surface area contributed by atoms with Gasteiger partial charge in [0.1, 0.15) is 5.75 Å². The van der Waals surface area contributed by atoms with Crippen molar-refractivity contribution in [3.8, 4) is 5.75 Å². The van der Waals surface area contributed by atoms with Crippen LogP contribution in [0.4, 0.5) is 21.9 Å². The van der Waals surface area contributed by atoms with Gasteiger partial charge < -0.3 is 20.3 Å². The lowest BCUT2D eigenvalue weighted by Crippen LogP contribution is -2.36. The van der Waals surface area contributed by atoms with Crippen LogP contribution in [0.2, 0.25) is 0 Å². The van der Waals surface area contributed by atoms with Crippen LogP contribution in [0.15, 0.2) is 42.5 Å². The molecule has 2 N–H and O–H groups in total. The van der Waals surface area contributed by atoms with Gasteiger partial charge >= 0.3 is 6.03 Å². The molecule has 166 valence electrons. The Morgan fingerprint density at radius 1 is 1.06 bits per heavy atom. The zero-order chi connectivity index (χ0) is 22.2. The highest BCUT2D eigenvalue weighted by molar-refractivity contribution is 6.01. The number of nitrogens with one attached hydrogen (secondary N) is 2. The Kier molecular flexibility index (Phi) is 7.93. The highest BCUT2D eigenvalue weighted by Gasteiger charge is 2.24. The summed E-state index contributed by atoms with van der Waals surface area (Å²) in [4.78, 5) is 26.7. The summed E-state index contributed by atoms with van der Waals surface area (Å²) >= 11 is 0. The quantitative estimate of drug-likeness (QED) is 0.498. The zero-order valence-electron chi connectivity index (χ0n) is 18.7. The first-order valence-electron chi connectivity index (χ1n) is 11.2. The molecule has 6 heteroatoms. The Bertz CT molecular complexity index is 893. The van der Waals surface area contributed by atoms with E-state index in [2.05, 4.69) is 31.4 Å². The van der Waals surface area contributed by atoms with Gasteiger partial charge in [-0.3, -0.25) is 4.79 Å². The lowest BCUT2D eigenvalue weighted by atomic mass is 9.99. The largest absolute Gasteiger partial charge is 0.494 e. The Hall–Kier alpha value is -3.02. The number of benzene rings is 2. The van der Waals surface area contributed by atoms with E-state index in [9.17, 15) is 9.59 Å². The van der Waals surface area contributed by atoms with Crippen molar-refractivity contribution >= 4 is 29.0 Å². The molecule has 31 heavy (non-hydrogen) atoms. The molecule has 3 rings (SSSR count). The minimum absolute atomic E-state index is 0.175. The molecule has 1 aliphatic rings. The third-order valence-corrected chi connectivity index (χ3v) is 5.35. The number of amides is 3. The Labute approximate surface area is 185 Å². The molecule has 2 aromatic rings. The van der Waals surface area contributed by atoms with Crippen LogP contribution in [0.5, 0.6) is 5.75 Å². The second kappa shape index (κ2) is 10.8. The van der Waals surface area contributed by atoms with E-state index < -0.39 is 0 Å². The molecule has 0 atom stereocenters. The molecule has 1 aliphatic heterocycles. The third kappa shape index (κ3) is 6.48. The van der Waals surface area contributed by atoms with Gasteiger partial charge in [-0.1, -0.05) is 27.2 Å². The monoisotopic (exact) mass is 423 g/mol. The first kappa shape index (κ1) is 22.7. The molecule has 3 amide bonds. The molecule has 6 nitrogen and oxygen atoms in total. The predicted octanol–water partition coefficient (Wildman–Crippen LogP) is 5.83. The molecular formula is C25H33N3O3. The van der Waals surface area contributed by atoms with E-state index in [-0.39, 0.29) is 11.9 Å². The minimum atomic E-state index is -0.303. The summed E-state index contributed by atoms with van der Waals surface area (Å²) < 4.78 is 5.65. The molecular weight excluding hydrogens is 390 g/mol. The molecule has 2 aromatic carbocycles. The fourth-order valence-electron chi connectivity index (χ4n) is 3.53. The average molecular weight is 424 g/mol. The van der Waals surface area contributed by atoms with E-state index in [1.807, 2.05) is 47.4 Å². The van der Waals surface area contributed by atoms with E-state index in [0.717, 1.165) is 42.8 Å². The molecule has 0 spiro atoms. The van der Waals surface area contributed by atoms with E-state index >= 15 is 0 Å². The number of carbonyl (C=O) groups is 2. The summed E-state index contributed by atoms with van der Waals surface area (Å²) in [6, 6.07) is 12.8. The average Bonchev–Trinajstić information content (AvgIpc) is 2.74. The van der Waals surface area contributed by atoms with Crippen molar-refractivity contribution in [1.29, 1.82) is 0 Å². The van der Waals surface area contributed by atoms with Gasteiger partial charge in [0, 0.05) is 30.0 Å². The van der Waals surface area contributed by atoms with Gasteiger partial charge in [0.15, 0.2) is 0 Å². The van der Waals surface area contributed by atoms with Crippen molar-refractivity contribution in [2.24, 2.45) is 5.92 Å². The second-order valence-corrected chi connectivity index (χ2v) is 8.38. The van der Waals surface area contributed by atoms with Crippen LogP contribution in [0.25, 0.3) is 0 Å². The molecule has 1 heterocycles. The van der Waals surface area contributed by atoms with Gasteiger partial charge in [-0.25, -0.2) is 4.79 Å². The number of anilines is 3. The van der Waals surface area contributed by atoms with Gasteiger partial charge in [-0.05, 0) is 73.2 Å². The minimum Gasteiger partial charge on any atom is -0.494 e. The Morgan fingerprint density at radius 2 is 1.77 bits per heavy atom. The van der Waals surface area contributed by atoms with Crippen molar-refractivity contribution in [2.75, 3.05) is 28.7 Å². The third-order valence-electron chi connectivity index (χ3n) is 5.35. The van der Waals surface area contributed by atoms with Crippen LogP contribution in [0, 0.1) is 5.92 Å². The van der Waals surface area contributed by atoms with Gasteiger partial charge in [0.2, 0.25) is 5.91 Å². The highest BCUT2D eigenvalue weighted by atomic mass is 16.5.